The quantitative estimate of drug-likeness (QED) is 0.639. The predicted octanol–water partition coefficient (Wildman–Crippen LogP) is 4.54. The van der Waals surface area contributed by atoms with Crippen molar-refractivity contribution in [3.8, 4) is 0 Å². The van der Waals surface area contributed by atoms with E-state index in [4.69, 9.17) is 11.6 Å². The highest BCUT2D eigenvalue weighted by atomic mass is 35.5. The molecule has 0 saturated carbocycles. The number of halogens is 3. The Hall–Kier alpha value is -1.57. The highest BCUT2D eigenvalue weighted by Crippen LogP contribution is 2.21. The third kappa shape index (κ3) is 7.93. The Kier molecular flexibility index (Phi) is 13.0. The molecule has 2 heterocycles. The van der Waals surface area contributed by atoms with Gasteiger partial charge in [-0.2, -0.15) is 0 Å². The van der Waals surface area contributed by atoms with Gasteiger partial charge in [-0.3, -0.25) is 4.79 Å². The molecule has 1 aliphatic heterocycles. The van der Waals surface area contributed by atoms with E-state index in [1.165, 1.54) is 12.8 Å². The summed E-state index contributed by atoms with van der Waals surface area (Å²) < 4.78 is 0. The summed E-state index contributed by atoms with van der Waals surface area (Å²) in [4.78, 5) is 19.6. The molecule has 0 radical (unpaired) electrons. The van der Waals surface area contributed by atoms with E-state index in [-0.39, 0.29) is 36.2 Å². The van der Waals surface area contributed by atoms with Gasteiger partial charge in [-0.1, -0.05) is 11.6 Å². The molecule has 6 nitrogen and oxygen atoms in total. The molecule has 0 spiro atoms. The summed E-state index contributed by atoms with van der Waals surface area (Å²) in [7, 11) is 0. The number of piperidine rings is 1. The first-order chi connectivity index (χ1) is 13.0. The predicted molar refractivity (Wildman–Crippen MR) is 130 cm³/mol. The molecule has 30 heavy (non-hydrogen) atoms. The number of likely N-dealkylation sites (tertiary alicyclic amines) is 1. The van der Waals surface area contributed by atoms with Gasteiger partial charge >= 0.3 is 0 Å². The van der Waals surface area contributed by atoms with E-state index in [0.29, 0.717) is 34.1 Å². The molecule has 3 rings (SSSR count). The van der Waals surface area contributed by atoms with Gasteiger partial charge in [-0.05, 0) is 82.1 Å². The number of pyridine rings is 1. The molecule has 0 aliphatic carbocycles. The number of aromatic nitrogens is 1. The van der Waals surface area contributed by atoms with E-state index < -0.39 is 0 Å². The van der Waals surface area contributed by atoms with Crippen molar-refractivity contribution < 1.29 is 10.3 Å². The molecule has 9 heteroatoms. The van der Waals surface area contributed by atoms with Crippen LogP contribution in [0.2, 0.25) is 5.02 Å². The van der Waals surface area contributed by atoms with Crippen molar-refractivity contribution in [3.63, 3.8) is 0 Å². The fourth-order valence-corrected chi connectivity index (χ4v) is 3.50. The fourth-order valence-electron chi connectivity index (χ4n) is 3.38. The normalized spacial score (nSPS) is 14.1. The summed E-state index contributed by atoms with van der Waals surface area (Å²) in [5.74, 6) is 1.06. The molecule has 168 valence electrons. The Morgan fingerprint density at radius 2 is 1.80 bits per heavy atom. The Labute approximate surface area is 195 Å². The lowest BCUT2D eigenvalue weighted by Gasteiger charge is -2.34. The maximum absolute atomic E-state index is 12.7. The van der Waals surface area contributed by atoms with Crippen molar-refractivity contribution in [1.82, 2.24) is 9.88 Å². The molecular weight excluding hydrogens is 447 g/mol. The zero-order valence-corrected chi connectivity index (χ0v) is 19.6. The van der Waals surface area contributed by atoms with Crippen LogP contribution in [0.4, 0.5) is 11.5 Å². The van der Waals surface area contributed by atoms with E-state index in [9.17, 15) is 4.79 Å². The van der Waals surface area contributed by atoms with Crippen LogP contribution < -0.4 is 10.6 Å². The van der Waals surface area contributed by atoms with Gasteiger partial charge in [0.05, 0.1) is 5.56 Å². The Balaban J connectivity index is 0.00000280. The third-order valence-electron chi connectivity index (χ3n) is 5.09. The van der Waals surface area contributed by atoms with Crippen LogP contribution in [0.1, 0.15) is 37.0 Å². The highest BCUT2D eigenvalue weighted by molar-refractivity contribution is 6.30. The first-order valence-corrected chi connectivity index (χ1v) is 9.90. The van der Waals surface area contributed by atoms with Gasteiger partial charge in [-0.15, -0.1) is 24.8 Å². The monoisotopic (exact) mass is 476 g/mol. The molecule has 1 saturated heterocycles. The number of amides is 1. The average Bonchev–Trinajstić information content (AvgIpc) is 2.68. The molecule has 0 bridgehead atoms. The van der Waals surface area contributed by atoms with Crippen LogP contribution in [0, 0.1) is 5.92 Å². The number of nitrogens with one attached hydrogen (secondary N) is 2. The van der Waals surface area contributed by atoms with Crippen LogP contribution in [-0.4, -0.2) is 46.9 Å². The second-order valence-corrected chi connectivity index (χ2v) is 7.75. The number of carbonyl (C=O) groups is 1. The maximum atomic E-state index is 12.7. The molecule has 1 amide bonds. The largest absolute Gasteiger partial charge is 0.412 e. The van der Waals surface area contributed by atoms with Gasteiger partial charge in [0.25, 0.3) is 5.91 Å². The van der Waals surface area contributed by atoms with E-state index in [1.807, 2.05) is 0 Å². The van der Waals surface area contributed by atoms with Crippen LogP contribution in [-0.2, 0) is 0 Å². The first-order valence-electron chi connectivity index (χ1n) is 9.53. The minimum atomic E-state index is -0.178. The standard InChI is InChI=1S/C21H27ClN4O.2ClH.H2O/c1-15(2)26-12-9-16(10-13-26)14-24-20-19(4-3-11-23-20)21(27)25-18-7-5-17(22)6-8-18;;;/h3-8,11,15-16H,9-10,12-14H2,1-2H3,(H,23,24)(H,25,27);2*1H;1H2. The van der Waals surface area contributed by atoms with Gasteiger partial charge in [0.2, 0.25) is 0 Å². The number of benzene rings is 1. The zero-order valence-electron chi connectivity index (χ0n) is 17.2. The molecule has 1 aromatic heterocycles. The number of rotatable bonds is 6. The lowest BCUT2D eigenvalue weighted by molar-refractivity contribution is 0.102. The van der Waals surface area contributed by atoms with Crippen molar-refractivity contribution in [2.24, 2.45) is 5.92 Å². The summed E-state index contributed by atoms with van der Waals surface area (Å²) >= 11 is 5.90. The average molecular weight is 478 g/mol. The summed E-state index contributed by atoms with van der Waals surface area (Å²) in [6, 6.07) is 11.3. The van der Waals surface area contributed by atoms with E-state index in [0.717, 1.165) is 19.6 Å². The second kappa shape index (κ2) is 13.7. The van der Waals surface area contributed by atoms with Crippen LogP contribution in [0.15, 0.2) is 42.6 Å². The number of anilines is 2. The molecule has 2 aromatic rings. The summed E-state index contributed by atoms with van der Waals surface area (Å²) in [6.07, 6.45) is 4.05. The smallest absolute Gasteiger partial charge is 0.259 e. The lowest BCUT2D eigenvalue weighted by atomic mass is 9.96. The first kappa shape index (κ1) is 28.4. The van der Waals surface area contributed by atoms with Crippen LogP contribution in [0.3, 0.4) is 0 Å². The summed E-state index contributed by atoms with van der Waals surface area (Å²) in [5, 5.41) is 6.93. The van der Waals surface area contributed by atoms with Crippen LogP contribution in [0.25, 0.3) is 0 Å². The van der Waals surface area contributed by atoms with Gasteiger partial charge in [-0.25, -0.2) is 4.98 Å². The maximum Gasteiger partial charge on any atom is 0.259 e. The molecule has 1 aromatic carbocycles. The topological polar surface area (TPSA) is 88.8 Å². The summed E-state index contributed by atoms with van der Waals surface area (Å²) in [6.45, 7) is 7.60. The minimum Gasteiger partial charge on any atom is -0.412 e. The van der Waals surface area contributed by atoms with Crippen molar-refractivity contribution in [2.45, 2.75) is 32.7 Å². The van der Waals surface area contributed by atoms with E-state index >= 15 is 0 Å². The Morgan fingerprint density at radius 1 is 1.17 bits per heavy atom. The molecule has 1 fully saturated rings. The molecule has 0 atom stereocenters. The Morgan fingerprint density at radius 3 is 2.40 bits per heavy atom. The summed E-state index contributed by atoms with van der Waals surface area (Å²) in [5.41, 5.74) is 1.26. The SMILES string of the molecule is CC(C)N1CCC(CNc2ncccc2C(=O)Nc2ccc(Cl)cc2)CC1.Cl.Cl.O. The number of hydrogen-bond acceptors (Lipinski definition) is 4. The van der Waals surface area contributed by atoms with E-state index in [2.05, 4.69) is 34.4 Å². The molecular formula is C21H31Cl3N4O2. The van der Waals surface area contributed by atoms with Crippen molar-refractivity contribution in [2.75, 3.05) is 30.3 Å². The lowest BCUT2D eigenvalue weighted by Crippen LogP contribution is -2.40. The number of carbonyl (C=O) groups excluding carboxylic acids is 1. The van der Waals surface area contributed by atoms with Gasteiger partial charge < -0.3 is 21.0 Å². The van der Waals surface area contributed by atoms with Crippen LogP contribution in [0.5, 0.6) is 0 Å². The van der Waals surface area contributed by atoms with Crippen molar-refractivity contribution in [3.05, 3.63) is 53.2 Å². The molecule has 0 unspecified atom stereocenters. The molecule has 4 N–H and O–H groups in total. The van der Waals surface area contributed by atoms with Crippen LogP contribution >= 0.6 is 36.4 Å². The number of hydrogen-bond donors (Lipinski definition) is 2. The fraction of sp³-hybridized carbons (Fsp3) is 0.429. The number of nitrogens with zero attached hydrogens (tertiary/aromatic N) is 2. The van der Waals surface area contributed by atoms with Gasteiger partial charge in [0.15, 0.2) is 0 Å². The Bertz CT molecular complexity index is 767. The minimum absolute atomic E-state index is 0. The molecule has 1 aliphatic rings. The van der Waals surface area contributed by atoms with Crippen molar-refractivity contribution >= 4 is 53.8 Å². The van der Waals surface area contributed by atoms with Gasteiger partial charge in [0, 0.05) is 29.5 Å². The zero-order chi connectivity index (χ0) is 19.2. The van der Waals surface area contributed by atoms with Gasteiger partial charge in [0.1, 0.15) is 5.82 Å². The third-order valence-corrected chi connectivity index (χ3v) is 5.34. The second-order valence-electron chi connectivity index (χ2n) is 7.31. The highest BCUT2D eigenvalue weighted by Gasteiger charge is 2.21. The van der Waals surface area contributed by atoms with E-state index in [1.54, 1.807) is 42.6 Å². The van der Waals surface area contributed by atoms with Crippen molar-refractivity contribution in [1.29, 1.82) is 0 Å².